The van der Waals surface area contributed by atoms with Crippen LogP contribution in [0, 0.1) is 0 Å². The molecule has 0 fully saturated rings. The van der Waals surface area contributed by atoms with Gasteiger partial charge in [0.05, 0.1) is 0 Å². The first-order chi connectivity index (χ1) is 11.1. The van der Waals surface area contributed by atoms with E-state index < -0.39 is 0 Å². The molecule has 23 heavy (non-hydrogen) atoms. The fourth-order valence-corrected chi connectivity index (χ4v) is 3.11. The van der Waals surface area contributed by atoms with Crippen molar-refractivity contribution in [3.8, 4) is 0 Å². The van der Waals surface area contributed by atoms with E-state index in [1.165, 1.54) is 16.7 Å². The summed E-state index contributed by atoms with van der Waals surface area (Å²) in [5.41, 5.74) is 3.91. The lowest BCUT2D eigenvalue weighted by molar-refractivity contribution is 0.178. The van der Waals surface area contributed by atoms with Crippen molar-refractivity contribution in [2.75, 3.05) is 6.54 Å². The first-order valence-corrected chi connectivity index (χ1v) is 8.66. The third kappa shape index (κ3) is 5.07. The van der Waals surface area contributed by atoms with Gasteiger partial charge >= 0.3 is 0 Å². The van der Waals surface area contributed by atoms with E-state index in [1.54, 1.807) is 0 Å². The van der Waals surface area contributed by atoms with Crippen molar-refractivity contribution in [1.29, 1.82) is 0 Å². The minimum absolute atomic E-state index is 0.584. The Hall–Kier alpha value is -1.86. The summed E-state index contributed by atoms with van der Waals surface area (Å²) in [6.07, 6.45) is 3.46. The molecule has 122 valence electrons. The summed E-state index contributed by atoms with van der Waals surface area (Å²) >= 11 is 0. The molecule has 0 aliphatic rings. The van der Waals surface area contributed by atoms with E-state index in [-0.39, 0.29) is 0 Å². The molecule has 0 unspecified atom stereocenters. The molecule has 0 spiro atoms. The van der Waals surface area contributed by atoms with Gasteiger partial charge in [-0.2, -0.15) is 0 Å². The van der Waals surface area contributed by atoms with Crippen molar-refractivity contribution in [3.05, 3.63) is 77.9 Å². The number of benzene rings is 2. The molecule has 0 saturated heterocycles. The van der Waals surface area contributed by atoms with E-state index in [2.05, 4.69) is 99.3 Å². The average molecular weight is 307 g/mol. The maximum absolute atomic E-state index is 2.55. The fourth-order valence-electron chi connectivity index (χ4n) is 3.11. The van der Waals surface area contributed by atoms with Crippen molar-refractivity contribution in [1.82, 2.24) is 4.90 Å². The van der Waals surface area contributed by atoms with E-state index in [1.807, 2.05) is 0 Å². The lowest BCUT2D eigenvalue weighted by atomic mass is 9.97. The zero-order valence-corrected chi connectivity index (χ0v) is 14.9. The topological polar surface area (TPSA) is 3.24 Å². The van der Waals surface area contributed by atoms with E-state index in [4.69, 9.17) is 0 Å². The molecule has 0 saturated carbocycles. The third-order valence-corrected chi connectivity index (χ3v) is 4.23. The zero-order chi connectivity index (χ0) is 16.7. The number of nitrogens with zero attached hydrogens (tertiary/aromatic N) is 1. The summed E-state index contributed by atoms with van der Waals surface area (Å²) in [7, 11) is 0. The van der Waals surface area contributed by atoms with E-state index in [0.717, 1.165) is 13.0 Å². The van der Waals surface area contributed by atoms with Gasteiger partial charge in [-0.3, -0.25) is 4.90 Å². The molecule has 0 atom stereocenters. The standard InChI is InChI=1S/C22H29N/c1-18(2)23(19(3)4)17-11-16-22(20-12-7-5-8-13-20)21-14-9-6-10-15-21/h5-10,12-16,18-19H,11,17H2,1-4H3. The van der Waals surface area contributed by atoms with E-state index in [0.29, 0.717) is 12.1 Å². The smallest absolute Gasteiger partial charge is 0.00414 e. The van der Waals surface area contributed by atoms with Crippen LogP contribution in [0.3, 0.4) is 0 Å². The van der Waals surface area contributed by atoms with Gasteiger partial charge in [0.1, 0.15) is 0 Å². The largest absolute Gasteiger partial charge is 0.298 e. The molecular weight excluding hydrogens is 278 g/mol. The molecule has 1 heteroatoms. The van der Waals surface area contributed by atoms with Crippen molar-refractivity contribution >= 4 is 5.57 Å². The van der Waals surface area contributed by atoms with Gasteiger partial charge in [-0.25, -0.2) is 0 Å². The number of rotatable bonds is 7. The molecule has 2 aromatic rings. The lowest BCUT2D eigenvalue weighted by Gasteiger charge is -2.30. The normalized spacial score (nSPS) is 11.3. The van der Waals surface area contributed by atoms with Crippen LogP contribution < -0.4 is 0 Å². The fraction of sp³-hybridized carbons (Fsp3) is 0.364. The minimum atomic E-state index is 0.584. The Bertz CT molecular complexity index is 547. The van der Waals surface area contributed by atoms with Gasteiger partial charge in [-0.1, -0.05) is 66.7 Å². The second-order valence-corrected chi connectivity index (χ2v) is 6.56. The van der Waals surface area contributed by atoms with Crippen LogP contribution in [0.1, 0.15) is 45.2 Å². The Morgan fingerprint density at radius 2 is 1.22 bits per heavy atom. The summed E-state index contributed by atoms with van der Waals surface area (Å²) in [5.74, 6) is 0. The minimum Gasteiger partial charge on any atom is -0.298 e. The second-order valence-electron chi connectivity index (χ2n) is 6.56. The molecule has 1 nitrogen and oxygen atoms in total. The molecular formula is C22H29N. The molecule has 0 amide bonds. The van der Waals surface area contributed by atoms with Gasteiger partial charge < -0.3 is 0 Å². The first-order valence-electron chi connectivity index (χ1n) is 8.66. The predicted molar refractivity (Wildman–Crippen MR) is 102 cm³/mol. The van der Waals surface area contributed by atoms with Crippen molar-refractivity contribution < 1.29 is 0 Å². The van der Waals surface area contributed by atoms with Gasteiger partial charge in [-0.15, -0.1) is 0 Å². The highest BCUT2D eigenvalue weighted by Gasteiger charge is 2.12. The van der Waals surface area contributed by atoms with Crippen molar-refractivity contribution in [2.45, 2.75) is 46.2 Å². The Balaban J connectivity index is 2.21. The van der Waals surface area contributed by atoms with Crippen LogP contribution in [-0.2, 0) is 0 Å². The molecule has 0 aliphatic carbocycles. The zero-order valence-electron chi connectivity index (χ0n) is 14.9. The molecule has 0 radical (unpaired) electrons. The summed E-state index contributed by atoms with van der Waals surface area (Å²) < 4.78 is 0. The lowest BCUT2D eigenvalue weighted by Crippen LogP contribution is -2.37. The maximum Gasteiger partial charge on any atom is 0.00414 e. The van der Waals surface area contributed by atoms with Gasteiger partial charge in [0.15, 0.2) is 0 Å². The Kier molecular flexibility index (Phi) is 6.61. The highest BCUT2D eigenvalue weighted by molar-refractivity contribution is 5.79. The van der Waals surface area contributed by atoms with Gasteiger partial charge in [-0.05, 0) is 50.8 Å². The summed E-state index contributed by atoms with van der Waals surface area (Å²) in [4.78, 5) is 2.55. The maximum atomic E-state index is 2.55. The van der Waals surface area contributed by atoms with Crippen LogP contribution in [0.2, 0.25) is 0 Å². The predicted octanol–water partition coefficient (Wildman–Crippen LogP) is 5.63. The SMILES string of the molecule is CC(C)N(CCC=C(c1ccccc1)c1ccccc1)C(C)C. The Morgan fingerprint density at radius 1 is 0.783 bits per heavy atom. The van der Waals surface area contributed by atoms with Crippen LogP contribution in [-0.4, -0.2) is 23.5 Å². The molecule has 0 N–H and O–H groups in total. The summed E-state index contributed by atoms with van der Waals surface area (Å²) in [6, 6.07) is 22.5. The van der Waals surface area contributed by atoms with Crippen molar-refractivity contribution in [3.63, 3.8) is 0 Å². The van der Waals surface area contributed by atoms with Crippen LogP contribution in [0.25, 0.3) is 5.57 Å². The van der Waals surface area contributed by atoms with E-state index >= 15 is 0 Å². The summed E-state index contributed by atoms with van der Waals surface area (Å²) in [6.45, 7) is 10.2. The molecule has 0 aromatic heterocycles. The van der Waals surface area contributed by atoms with Gasteiger partial charge in [0.2, 0.25) is 0 Å². The highest BCUT2D eigenvalue weighted by atomic mass is 15.2. The van der Waals surface area contributed by atoms with Crippen LogP contribution in [0.5, 0.6) is 0 Å². The molecule has 2 aromatic carbocycles. The number of hydrogen-bond donors (Lipinski definition) is 0. The highest BCUT2D eigenvalue weighted by Crippen LogP contribution is 2.24. The molecule has 0 aliphatic heterocycles. The van der Waals surface area contributed by atoms with E-state index in [9.17, 15) is 0 Å². The quantitative estimate of drug-likeness (QED) is 0.641. The van der Waals surface area contributed by atoms with Gasteiger partial charge in [0, 0.05) is 18.6 Å². The monoisotopic (exact) mass is 307 g/mol. The Labute approximate surface area is 141 Å². The average Bonchev–Trinajstić information content (AvgIpc) is 2.56. The molecule has 0 heterocycles. The van der Waals surface area contributed by atoms with Crippen LogP contribution in [0.4, 0.5) is 0 Å². The van der Waals surface area contributed by atoms with Crippen molar-refractivity contribution in [2.24, 2.45) is 0 Å². The molecule has 0 bridgehead atoms. The molecule has 2 rings (SSSR count). The van der Waals surface area contributed by atoms with Crippen LogP contribution in [0.15, 0.2) is 66.7 Å². The Morgan fingerprint density at radius 3 is 1.61 bits per heavy atom. The van der Waals surface area contributed by atoms with Gasteiger partial charge in [0.25, 0.3) is 0 Å². The van der Waals surface area contributed by atoms with Crippen LogP contribution >= 0.6 is 0 Å². The number of hydrogen-bond acceptors (Lipinski definition) is 1. The third-order valence-electron chi connectivity index (χ3n) is 4.23. The first kappa shape index (κ1) is 17.5. The second kappa shape index (κ2) is 8.69. The summed E-state index contributed by atoms with van der Waals surface area (Å²) in [5, 5.41) is 0.